The number of hydrogen-bond acceptors (Lipinski definition) is 6. The lowest BCUT2D eigenvalue weighted by Crippen LogP contribution is -2.27. The highest BCUT2D eigenvalue weighted by atomic mass is 16.7. The molecule has 3 heterocycles. The average Bonchev–Trinajstić information content (AvgIpc) is 3.65. The monoisotopic (exact) mass is 503 g/mol. The van der Waals surface area contributed by atoms with Gasteiger partial charge in [0, 0.05) is 35.0 Å². The van der Waals surface area contributed by atoms with Gasteiger partial charge in [-0.1, -0.05) is 20.3 Å². The fourth-order valence-electron chi connectivity index (χ4n) is 4.78. The van der Waals surface area contributed by atoms with E-state index in [1.54, 1.807) is 13.4 Å². The highest BCUT2D eigenvalue weighted by Crippen LogP contribution is 2.42. The van der Waals surface area contributed by atoms with E-state index in [2.05, 4.69) is 19.2 Å². The molecule has 2 aromatic carbocycles. The second kappa shape index (κ2) is 11.0. The molecule has 37 heavy (non-hydrogen) atoms. The quantitative estimate of drug-likeness (QED) is 0.245. The Morgan fingerprint density at radius 1 is 1.03 bits per heavy atom. The van der Waals surface area contributed by atoms with Crippen molar-refractivity contribution < 1.29 is 27.8 Å². The van der Waals surface area contributed by atoms with Crippen LogP contribution in [0.3, 0.4) is 0 Å². The molecule has 1 aliphatic rings. The van der Waals surface area contributed by atoms with E-state index in [0.29, 0.717) is 35.3 Å². The van der Waals surface area contributed by atoms with E-state index >= 15 is 0 Å². The van der Waals surface area contributed by atoms with Gasteiger partial charge in [-0.05, 0) is 61.2 Å². The van der Waals surface area contributed by atoms with Crippen LogP contribution in [0.4, 0.5) is 0 Å². The third-order valence-electron chi connectivity index (χ3n) is 6.83. The zero-order valence-corrected chi connectivity index (χ0v) is 21.5. The number of methoxy groups -OCH3 is 1. The van der Waals surface area contributed by atoms with E-state index in [0.717, 1.165) is 47.3 Å². The number of rotatable bonds is 11. The number of ether oxygens (including phenoxy) is 3. The van der Waals surface area contributed by atoms with Gasteiger partial charge in [-0.15, -0.1) is 0 Å². The van der Waals surface area contributed by atoms with E-state index in [1.807, 2.05) is 48.5 Å². The van der Waals surface area contributed by atoms with Crippen molar-refractivity contribution in [3.8, 4) is 28.6 Å². The molecule has 1 N–H and O–H groups in total. The predicted molar refractivity (Wildman–Crippen MR) is 141 cm³/mol. The third kappa shape index (κ3) is 5.61. The number of fused-ring (bicyclic) bond motifs is 2. The molecule has 194 valence electrons. The van der Waals surface area contributed by atoms with Crippen LogP contribution in [0, 0.1) is 5.92 Å². The summed E-state index contributed by atoms with van der Waals surface area (Å²) in [6.45, 7) is 5.20. The lowest BCUT2D eigenvalue weighted by Gasteiger charge is -2.16. The van der Waals surface area contributed by atoms with Crippen molar-refractivity contribution >= 4 is 16.9 Å². The Hall–Kier alpha value is -3.87. The van der Waals surface area contributed by atoms with E-state index in [1.165, 1.54) is 0 Å². The van der Waals surface area contributed by atoms with Gasteiger partial charge in [-0.25, -0.2) is 0 Å². The summed E-state index contributed by atoms with van der Waals surface area (Å²) < 4.78 is 28.4. The Kier molecular flexibility index (Phi) is 7.40. The molecule has 1 amide bonds. The number of nitrogens with one attached hydrogen (secondary N) is 1. The fourth-order valence-corrected chi connectivity index (χ4v) is 4.78. The summed E-state index contributed by atoms with van der Waals surface area (Å²) in [5.41, 5.74) is 2.34. The topological polar surface area (TPSA) is 83.1 Å². The van der Waals surface area contributed by atoms with Gasteiger partial charge in [0.1, 0.15) is 22.9 Å². The third-order valence-corrected chi connectivity index (χ3v) is 6.83. The molecule has 0 fully saturated rings. The second-order valence-corrected chi connectivity index (χ2v) is 9.84. The molecule has 5 rings (SSSR count). The van der Waals surface area contributed by atoms with E-state index in [4.69, 9.17) is 23.0 Å². The van der Waals surface area contributed by atoms with Crippen LogP contribution in [0.1, 0.15) is 50.4 Å². The Labute approximate surface area is 216 Å². The Balaban J connectivity index is 1.34. The van der Waals surface area contributed by atoms with Crippen LogP contribution in [0.25, 0.3) is 22.3 Å². The molecule has 7 nitrogen and oxygen atoms in total. The van der Waals surface area contributed by atoms with E-state index < -0.39 is 0 Å². The molecule has 4 aromatic rings. The number of benzene rings is 2. The summed E-state index contributed by atoms with van der Waals surface area (Å²) >= 11 is 0. The maximum absolute atomic E-state index is 13.2. The molecule has 0 aliphatic carbocycles. The SMILES string of the molecule is COc1ccc(-c2oc3cc4c(cc3c2CC(=O)NCCC(CCC(C)C)c2ccco2)OCO4)cc1. The Morgan fingerprint density at radius 2 is 1.81 bits per heavy atom. The second-order valence-electron chi connectivity index (χ2n) is 9.84. The molecule has 2 aromatic heterocycles. The first-order chi connectivity index (χ1) is 18.0. The van der Waals surface area contributed by atoms with Crippen LogP contribution in [-0.2, 0) is 11.2 Å². The van der Waals surface area contributed by atoms with E-state index in [9.17, 15) is 4.79 Å². The van der Waals surface area contributed by atoms with Crippen LogP contribution in [0.2, 0.25) is 0 Å². The molecule has 0 saturated heterocycles. The first-order valence-corrected chi connectivity index (χ1v) is 12.8. The summed E-state index contributed by atoms with van der Waals surface area (Å²) in [5.74, 6) is 4.53. The van der Waals surface area contributed by atoms with Crippen molar-refractivity contribution in [1.82, 2.24) is 5.32 Å². The van der Waals surface area contributed by atoms with Gasteiger partial charge >= 0.3 is 0 Å². The van der Waals surface area contributed by atoms with Crippen LogP contribution in [0.15, 0.2) is 63.6 Å². The molecule has 1 aliphatic heterocycles. The Morgan fingerprint density at radius 3 is 2.51 bits per heavy atom. The molecule has 0 bridgehead atoms. The highest BCUT2D eigenvalue weighted by Gasteiger charge is 2.24. The van der Waals surface area contributed by atoms with Gasteiger partial charge in [0.05, 0.1) is 19.8 Å². The molecule has 1 unspecified atom stereocenters. The van der Waals surface area contributed by atoms with Gasteiger partial charge in [0.25, 0.3) is 0 Å². The van der Waals surface area contributed by atoms with Crippen molar-refractivity contribution in [1.29, 1.82) is 0 Å². The van der Waals surface area contributed by atoms with Gasteiger partial charge in [-0.3, -0.25) is 4.79 Å². The highest BCUT2D eigenvalue weighted by molar-refractivity contribution is 5.94. The van der Waals surface area contributed by atoms with Crippen molar-refractivity contribution in [2.75, 3.05) is 20.4 Å². The number of carbonyl (C=O) groups is 1. The first-order valence-electron chi connectivity index (χ1n) is 12.8. The first kappa shape index (κ1) is 24.8. The molecule has 1 atom stereocenters. The molecule has 7 heteroatoms. The summed E-state index contributed by atoms with van der Waals surface area (Å²) in [5, 5.41) is 3.96. The van der Waals surface area contributed by atoms with Gasteiger partial charge < -0.3 is 28.4 Å². The minimum atomic E-state index is -0.0582. The molecule has 0 spiro atoms. The maximum Gasteiger partial charge on any atom is 0.231 e. The minimum Gasteiger partial charge on any atom is -0.497 e. The Bertz CT molecular complexity index is 1340. The number of hydrogen-bond donors (Lipinski definition) is 1. The van der Waals surface area contributed by atoms with Crippen molar-refractivity contribution in [3.63, 3.8) is 0 Å². The van der Waals surface area contributed by atoms with Crippen LogP contribution in [0.5, 0.6) is 17.2 Å². The van der Waals surface area contributed by atoms with Gasteiger partial charge in [-0.2, -0.15) is 0 Å². The zero-order chi connectivity index (χ0) is 25.8. The van der Waals surface area contributed by atoms with Gasteiger partial charge in [0.15, 0.2) is 11.5 Å². The molecule has 0 saturated carbocycles. The standard InChI is InChI=1S/C30H33NO6/c1-19(2)6-7-20(25-5-4-14-34-25)12-13-31-29(32)16-24-23-15-27-28(36-18-35-27)17-26(23)37-30(24)21-8-10-22(33-3)11-9-21/h4-5,8-11,14-15,17,19-20H,6-7,12-13,16,18H2,1-3H3,(H,31,32). The smallest absolute Gasteiger partial charge is 0.231 e. The summed E-state index contributed by atoms with van der Waals surface area (Å²) in [6, 6.07) is 15.3. The summed E-state index contributed by atoms with van der Waals surface area (Å²) in [4.78, 5) is 13.2. The number of carbonyl (C=O) groups excluding carboxylic acids is 1. The largest absolute Gasteiger partial charge is 0.497 e. The number of furan rings is 2. The molecular weight excluding hydrogens is 470 g/mol. The van der Waals surface area contributed by atoms with Crippen LogP contribution < -0.4 is 19.5 Å². The van der Waals surface area contributed by atoms with Crippen LogP contribution >= 0.6 is 0 Å². The van der Waals surface area contributed by atoms with Crippen molar-refractivity contribution in [3.05, 3.63) is 66.1 Å². The zero-order valence-electron chi connectivity index (χ0n) is 21.5. The maximum atomic E-state index is 13.2. The number of amides is 1. The minimum absolute atomic E-state index is 0.0582. The molecular formula is C30H33NO6. The fraction of sp³-hybridized carbons (Fsp3) is 0.367. The lowest BCUT2D eigenvalue weighted by molar-refractivity contribution is -0.120. The van der Waals surface area contributed by atoms with E-state index in [-0.39, 0.29) is 25.0 Å². The van der Waals surface area contributed by atoms with Gasteiger partial charge in [0.2, 0.25) is 12.7 Å². The predicted octanol–water partition coefficient (Wildman–Crippen LogP) is 6.70. The van der Waals surface area contributed by atoms with Crippen molar-refractivity contribution in [2.45, 2.75) is 45.4 Å². The van der Waals surface area contributed by atoms with Crippen LogP contribution in [-0.4, -0.2) is 26.4 Å². The molecule has 0 radical (unpaired) electrons. The normalized spacial score (nSPS) is 13.3. The summed E-state index contributed by atoms with van der Waals surface area (Å²) in [7, 11) is 1.63. The van der Waals surface area contributed by atoms with Crippen molar-refractivity contribution in [2.24, 2.45) is 5.92 Å². The lowest BCUT2D eigenvalue weighted by atomic mass is 9.93. The summed E-state index contributed by atoms with van der Waals surface area (Å²) in [6.07, 6.45) is 4.87. The average molecular weight is 504 g/mol.